The van der Waals surface area contributed by atoms with Gasteiger partial charge in [-0.3, -0.25) is 9.89 Å². The van der Waals surface area contributed by atoms with Crippen LogP contribution in [0.2, 0.25) is 0 Å². The number of hydrogen-bond donors (Lipinski definition) is 3. The van der Waals surface area contributed by atoms with Gasteiger partial charge in [-0.05, 0) is 30.8 Å². The summed E-state index contributed by atoms with van der Waals surface area (Å²) in [5, 5.41) is 12.7. The molecule has 1 aromatic carbocycles. The van der Waals surface area contributed by atoms with Gasteiger partial charge in [-0.1, -0.05) is 19.1 Å². The molecule has 0 fully saturated rings. The van der Waals surface area contributed by atoms with Crippen LogP contribution in [-0.2, 0) is 4.79 Å². The van der Waals surface area contributed by atoms with Crippen LogP contribution in [0.3, 0.4) is 0 Å². The van der Waals surface area contributed by atoms with Gasteiger partial charge in [0.2, 0.25) is 5.91 Å². The number of carbonyl (C=O) groups excluding carboxylic acids is 1. The molecule has 5 nitrogen and oxygen atoms in total. The monoisotopic (exact) mass is 258 g/mol. The third kappa shape index (κ3) is 3.42. The predicted octanol–water partition coefficient (Wildman–Crippen LogP) is 1.87. The van der Waals surface area contributed by atoms with Crippen molar-refractivity contribution >= 4 is 11.6 Å². The maximum Gasteiger partial charge on any atom is 0.228 e. The molecule has 3 N–H and O–H groups in total. The average molecular weight is 258 g/mol. The Morgan fingerprint density at radius 2 is 2.05 bits per heavy atom. The van der Waals surface area contributed by atoms with Crippen molar-refractivity contribution in [1.82, 2.24) is 15.5 Å². The summed E-state index contributed by atoms with van der Waals surface area (Å²) < 4.78 is 0. The maximum absolute atomic E-state index is 11.8. The van der Waals surface area contributed by atoms with Gasteiger partial charge in [0, 0.05) is 24.3 Å². The third-order valence-corrected chi connectivity index (χ3v) is 2.92. The zero-order valence-electron chi connectivity index (χ0n) is 11.1. The molecule has 0 aliphatic rings. The molecule has 0 bridgehead atoms. The highest BCUT2D eigenvalue weighted by molar-refractivity contribution is 5.92. The molecule has 1 heterocycles. The molecular formula is C14H18N4O. The maximum atomic E-state index is 11.8. The zero-order valence-corrected chi connectivity index (χ0v) is 11.1. The fourth-order valence-corrected chi connectivity index (χ4v) is 1.81. The first kappa shape index (κ1) is 13.3. The van der Waals surface area contributed by atoms with Crippen molar-refractivity contribution in [1.29, 1.82) is 0 Å². The van der Waals surface area contributed by atoms with E-state index >= 15 is 0 Å². The standard InChI is InChI=1S/C14H18N4O/c1-10(9-15-2)14(19)17-12-5-3-11(4-6-12)13-7-8-16-18-13/h3-8,10,15H,9H2,1-2H3,(H,16,18)(H,17,19). The molecule has 0 saturated carbocycles. The molecule has 2 rings (SSSR count). The Kier molecular flexibility index (Phi) is 4.30. The number of nitrogens with one attached hydrogen (secondary N) is 3. The number of aromatic amines is 1. The molecule has 19 heavy (non-hydrogen) atoms. The Morgan fingerprint density at radius 1 is 1.32 bits per heavy atom. The highest BCUT2D eigenvalue weighted by Crippen LogP contribution is 2.19. The Hall–Kier alpha value is -2.14. The van der Waals surface area contributed by atoms with Crippen LogP contribution >= 0.6 is 0 Å². The number of amides is 1. The van der Waals surface area contributed by atoms with E-state index in [4.69, 9.17) is 0 Å². The van der Waals surface area contributed by atoms with E-state index in [0.717, 1.165) is 16.9 Å². The summed E-state index contributed by atoms with van der Waals surface area (Å²) in [5.41, 5.74) is 2.80. The van der Waals surface area contributed by atoms with Crippen molar-refractivity contribution in [2.45, 2.75) is 6.92 Å². The van der Waals surface area contributed by atoms with E-state index in [1.54, 1.807) is 6.20 Å². The van der Waals surface area contributed by atoms with Crippen LogP contribution in [0, 0.1) is 5.92 Å². The van der Waals surface area contributed by atoms with Crippen LogP contribution in [0.15, 0.2) is 36.5 Å². The van der Waals surface area contributed by atoms with E-state index in [1.165, 1.54) is 0 Å². The molecule has 0 radical (unpaired) electrons. The predicted molar refractivity (Wildman–Crippen MR) is 75.7 cm³/mol. The van der Waals surface area contributed by atoms with Gasteiger partial charge in [-0.25, -0.2) is 0 Å². The van der Waals surface area contributed by atoms with Crippen molar-refractivity contribution in [2.75, 3.05) is 18.9 Å². The van der Waals surface area contributed by atoms with E-state index in [-0.39, 0.29) is 11.8 Å². The summed E-state index contributed by atoms with van der Waals surface area (Å²) >= 11 is 0. The molecule has 0 aliphatic heterocycles. The normalized spacial score (nSPS) is 12.1. The SMILES string of the molecule is CNCC(C)C(=O)Nc1ccc(-c2ccn[nH]2)cc1. The fraction of sp³-hybridized carbons (Fsp3) is 0.286. The third-order valence-electron chi connectivity index (χ3n) is 2.92. The van der Waals surface area contributed by atoms with Crippen LogP contribution in [0.25, 0.3) is 11.3 Å². The quantitative estimate of drug-likeness (QED) is 0.766. The van der Waals surface area contributed by atoms with Crippen molar-refractivity contribution in [3.63, 3.8) is 0 Å². The van der Waals surface area contributed by atoms with Gasteiger partial charge in [0.05, 0.1) is 5.69 Å². The Labute approximate surface area is 112 Å². The lowest BCUT2D eigenvalue weighted by Crippen LogP contribution is -2.28. The highest BCUT2D eigenvalue weighted by Gasteiger charge is 2.11. The zero-order chi connectivity index (χ0) is 13.7. The molecule has 1 amide bonds. The Morgan fingerprint density at radius 3 is 2.63 bits per heavy atom. The van der Waals surface area contributed by atoms with Crippen LogP contribution in [-0.4, -0.2) is 29.7 Å². The van der Waals surface area contributed by atoms with Gasteiger partial charge < -0.3 is 10.6 Å². The molecule has 5 heteroatoms. The van der Waals surface area contributed by atoms with Crippen molar-refractivity contribution < 1.29 is 4.79 Å². The summed E-state index contributed by atoms with van der Waals surface area (Å²) in [6.07, 6.45) is 1.71. The van der Waals surface area contributed by atoms with Gasteiger partial charge in [-0.15, -0.1) is 0 Å². The minimum Gasteiger partial charge on any atom is -0.326 e. The minimum absolute atomic E-state index is 0.0173. The molecule has 0 aliphatic carbocycles. The van der Waals surface area contributed by atoms with Crippen molar-refractivity contribution in [3.8, 4) is 11.3 Å². The smallest absolute Gasteiger partial charge is 0.228 e. The van der Waals surface area contributed by atoms with Gasteiger partial charge in [0.25, 0.3) is 0 Å². The van der Waals surface area contributed by atoms with Gasteiger partial charge in [0.15, 0.2) is 0 Å². The lowest BCUT2D eigenvalue weighted by molar-refractivity contribution is -0.119. The summed E-state index contributed by atoms with van der Waals surface area (Å²) in [7, 11) is 1.84. The van der Waals surface area contributed by atoms with Crippen molar-refractivity contribution in [3.05, 3.63) is 36.5 Å². The molecule has 100 valence electrons. The van der Waals surface area contributed by atoms with E-state index in [1.807, 2.05) is 44.3 Å². The summed E-state index contributed by atoms with van der Waals surface area (Å²) in [5.74, 6) is -0.0408. The molecule has 0 spiro atoms. The number of aromatic nitrogens is 2. The second-order valence-electron chi connectivity index (χ2n) is 4.50. The first-order valence-electron chi connectivity index (χ1n) is 6.26. The van der Waals surface area contributed by atoms with Crippen LogP contribution < -0.4 is 10.6 Å². The largest absolute Gasteiger partial charge is 0.326 e. The number of rotatable bonds is 5. The molecule has 2 aromatic rings. The second kappa shape index (κ2) is 6.15. The molecule has 1 aromatic heterocycles. The average Bonchev–Trinajstić information content (AvgIpc) is 2.94. The Balaban J connectivity index is 2.01. The highest BCUT2D eigenvalue weighted by atomic mass is 16.1. The van der Waals surface area contributed by atoms with Crippen molar-refractivity contribution in [2.24, 2.45) is 5.92 Å². The number of hydrogen-bond acceptors (Lipinski definition) is 3. The lowest BCUT2D eigenvalue weighted by atomic mass is 10.1. The molecular weight excluding hydrogens is 240 g/mol. The van der Waals surface area contributed by atoms with Gasteiger partial charge in [0.1, 0.15) is 0 Å². The molecule has 1 atom stereocenters. The fourth-order valence-electron chi connectivity index (χ4n) is 1.81. The van der Waals surface area contributed by atoms with E-state index < -0.39 is 0 Å². The summed E-state index contributed by atoms with van der Waals surface area (Å²) in [6, 6.07) is 9.58. The van der Waals surface area contributed by atoms with Crippen LogP contribution in [0.1, 0.15) is 6.92 Å². The van der Waals surface area contributed by atoms with Gasteiger partial charge >= 0.3 is 0 Å². The number of anilines is 1. The second-order valence-corrected chi connectivity index (χ2v) is 4.50. The number of H-pyrrole nitrogens is 1. The number of benzene rings is 1. The van der Waals surface area contributed by atoms with Crippen LogP contribution in [0.5, 0.6) is 0 Å². The Bertz CT molecular complexity index is 519. The summed E-state index contributed by atoms with van der Waals surface area (Å²) in [4.78, 5) is 11.8. The number of carbonyl (C=O) groups is 1. The molecule has 1 unspecified atom stereocenters. The topological polar surface area (TPSA) is 69.8 Å². The van der Waals surface area contributed by atoms with E-state index in [9.17, 15) is 4.79 Å². The molecule has 0 saturated heterocycles. The van der Waals surface area contributed by atoms with Crippen LogP contribution in [0.4, 0.5) is 5.69 Å². The number of nitrogens with zero attached hydrogens (tertiary/aromatic N) is 1. The van der Waals surface area contributed by atoms with Gasteiger partial charge in [-0.2, -0.15) is 5.10 Å². The van der Waals surface area contributed by atoms with E-state index in [2.05, 4.69) is 20.8 Å². The lowest BCUT2D eigenvalue weighted by Gasteiger charge is -2.11. The first-order chi connectivity index (χ1) is 9.20. The summed E-state index contributed by atoms with van der Waals surface area (Å²) in [6.45, 7) is 2.56. The van der Waals surface area contributed by atoms with E-state index in [0.29, 0.717) is 6.54 Å². The minimum atomic E-state index is -0.0581. The first-order valence-corrected chi connectivity index (χ1v) is 6.26.